The number of rotatable bonds is 5. The molecule has 0 aromatic carbocycles. The van der Waals surface area contributed by atoms with Crippen LogP contribution >= 0.6 is 0 Å². The Bertz CT molecular complexity index is 495. The lowest BCUT2D eigenvalue weighted by Gasteiger charge is -2.26. The summed E-state index contributed by atoms with van der Waals surface area (Å²) in [5.74, 6) is -0.852. The first-order valence-electron chi connectivity index (χ1n) is 6.50. The van der Waals surface area contributed by atoms with Crippen molar-refractivity contribution in [2.24, 2.45) is 5.92 Å². The molecule has 1 fully saturated rings. The summed E-state index contributed by atoms with van der Waals surface area (Å²) in [6.07, 6.45) is 3.74. The highest BCUT2D eigenvalue weighted by molar-refractivity contribution is 6.03. The number of hydrogen-bond acceptors (Lipinski definition) is 3. The van der Waals surface area contributed by atoms with E-state index in [2.05, 4.69) is 4.98 Å². The third-order valence-electron chi connectivity index (χ3n) is 3.28. The van der Waals surface area contributed by atoms with Crippen LogP contribution in [0.25, 0.3) is 0 Å². The molecule has 0 saturated heterocycles. The molecule has 1 N–H and O–H groups in total. The molecule has 1 heterocycles. The van der Waals surface area contributed by atoms with E-state index >= 15 is 0 Å². The maximum atomic E-state index is 12.5. The summed E-state index contributed by atoms with van der Waals surface area (Å²) in [6.45, 7) is 4.56. The van der Waals surface area contributed by atoms with E-state index in [1.165, 1.54) is 18.3 Å². The summed E-state index contributed by atoms with van der Waals surface area (Å²) in [5.41, 5.74) is -0.00158. The largest absolute Gasteiger partial charge is 0.478 e. The van der Waals surface area contributed by atoms with Gasteiger partial charge in [-0.1, -0.05) is 0 Å². The van der Waals surface area contributed by atoms with Crippen LogP contribution in [0.3, 0.4) is 0 Å². The molecule has 1 saturated carbocycles. The van der Waals surface area contributed by atoms with E-state index in [4.69, 9.17) is 5.11 Å². The van der Waals surface area contributed by atoms with Gasteiger partial charge in [-0.25, -0.2) is 4.79 Å². The SMILES string of the molecule is CC(C)N(CC1CC1)C(=O)c1ncccc1C(=O)O. The Kier molecular flexibility index (Phi) is 3.83. The van der Waals surface area contributed by atoms with Gasteiger partial charge in [-0.15, -0.1) is 0 Å². The van der Waals surface area contributed by atoms with Crippen LogP contribution in [0.1, 0.15) is 47.5 Å². The lowest BCUT2D eigenvalue weighted by Crippen LogP contribution is -2.39. The van der Waals surface area contributed by atoms with Crippen LogP contribution in [0.4, 0.5) is 0 Å². The second-order valence-corrected chi connectivity index (χ2v) is 5.20. The van der Waals surface area contributed by atoms with E-state index in [9.17, 15) is 9.59 Å². The lowest BCUT2D eigenvalue weighted by atomic mass is 10.1. The Morgan fingerprint density at radius 1 is 1.47 bits per heavy atom. The smallest absolute Gasteiger partial charge is 0.338 e. The van der Waals surface area contributed by atoms with E-state index in [0.29, 0.717) is 12.5 Å². The molecule has 0 radical (unpaired) electrons. The van der Waals surface area contributed by atoms with E-state index < -0.39 is 5.97 Å². The molecule has 0 aliphatic heterocycles. The molecule has 1 aliphatic rings. The van der Waals surface area contributed by atoms with Crippen LogP contribution in [0.2, 0.25) is 0 Å². The summed E-state index contributed by atoms with van der Waals surface area (Å²) >= 11 is 0. The highest BCUT2D eigenvalue weighted by atomic mass is 16.4. The quantitative estimate of drug-likeness (QED) is 0.881. The van der Waals surface area contributed by atoms with Crippen LogP contribution in [0.15, 0.2) is 18.3 Å². The van der Waals surface area contributed by atoms with E-state index in [1.807, 2.05) is 13.8 Å². The van der Waals surface area contributed by atoms with E-state index in [1.54, 1.807) is 4.90 Å². The van der Waals surface area contributed by atoms with Crippen molar-refractivity contribution in [1.82, 2.24) is 9.88 Å². The first-order valence-corrected chi connectivity index (χ1v) is 6.50. The van der Waals surface area contributed by atoms with Crippen LogP contribution in [-0.4, -0.2) is 39.5 Å². The molecule has 1 aliphatic carbocycles. The Morgan fingerprint density at radius 2 is 2.16 bits per heavy atom. The zero-order chi connectivity index (χ0) is 14.0. The highest BCUT2D eigenvalue weighted by Gasteiger charge is 2.30. The molecule has 1 amide bonds. The molecular formula is C14H18N2O3. The molecule has 102 valence electrons. The van der Waals surface area contributed by atoms with Crippen molar-refractivity contribution < 1.29 is 14.7 Å². The van der Waals surface area contributed by atoms with Crippen LogP contribution in [0.5, 0.6) is 0 Å². The van der Waals surface area contributed by atoms with Crippen molar-refractivity contribution in [2.75, 3.05) is 6.54 Å². The standard InChI is InChI=1S/C14H18N2O3/c1-9(2)16(8-10-5-6-10)13(17)12-11(14(18)19)4-3-7-15-12/h3-4,7,9-10H,5-6,8H2,1-2H3,(H,18,19). The third kappa shape index (κ3) is 3.10. The number of nitrogens with zero attached hydrogens (tertiary/aromatic N) is 2. The fourth-order valence-electron chi connectivity index (χ4n) is 1.99. The van der Waals surface area contributed by atoms with Crippen molar-refractivity contribution >= 4 is 11.9 Å². The number of carbonyl (C=O) groups is 2. The van der Waals surface area contributed by atoms with Gasteiger partial charge in [0.25, 0.3) is 5.91 Å². The van der Waals surface area contributed by atoms with Crippen molar-refractivity contribution in [2.45, 2.75) is 32.7 Å². The molecule has 5 nitrogen and oxygen atoms in total. The average Bonchev–Trinajstić information content (AvgIpc) is 3.18. The minimum absolute atomic E-state index is 0.0318. The normalized spacial score (nSPS) is 14.5. The zero-order valence-electron chi connectivity index (χ0n) is 11.2. The maximum absolute atomic E-state index is 12.5. The topological polar surface area (TPSA) is 70.5 Å². The highest BCUT2D eigenvalue weighted by Crippen LogP contribution is 2.30. The predicted molar refractivity (Wildman–Crippen MR) is 70.1 cm³/mol. The van der Waals surface area contributed by atoms with Crippen LogP contribution < -0.4 is 0 Å². The molecule has 0 spiro atoms. The van der Waals surface area contributed by atoms with Crippen molar-refractivity contribution in [3.8, 4) is 0 Å². The second kappa shape index (κ2) is 5.38. The van der Waals surface area contributed by atoms with Gasteiger partial charge < -0.3 is 10.0 Å². The molecule has 19 heavy (non-hydrogen) atoms. The van der Waals surface area contributed by atoms with E-state index in [-0.39, 0.29) is 23.2 Å². The van der Waals surface area contributed by atoms with Gasteiger partial charge in [0.2, 0.25) is 0 Å². The number of aromatic carboxylic acids is 1. The number of carboxylic acid groups (broad SMARTS) is 1. The fourth-order valence-corrected chi connectivity index (χ4v) is 1.99. The summed E-state index contributed by atoms with van der Waals surface area (Å²) in [4.78, 5) is 29.3. The molecule has 5 heteroatoms. The number of pyridine rings is 1. The average molecular weight is 262 g/mol. The van der Waals surface area contributed by atoms with Gasteiger partial charge in [0.05, 0.1) is 5.56 Å². The first kappa shape index (κ1) is 13.5. The second-order valence-electron chi connectivity index (χ2n) is 5.20. The number of hydrogen-bond donors (Lipinski definition) is 1. The minimum Gasteiger partial charge on any atom is -0.478 e. The Labute approximate surface area is 112 Å². The Balaban J connectivity index is 2.27. The monoisotopic (exact) mass is 262 g/mol. The molecule has 1 aromatic rings. The Hall–Kier alpha value is -1.91. The summed E-state index contributed by atoms with van der Waals surface area (Å²) < 4.78 is 0. The van der Waals surface area contributed by atoms with Gasteiger partial charge >= 0.3 is 5.97 Å². The number of aromatic nitrogens is 1. The minimum atomic E-state index is -1.12. The predicted octanol–water partition coefficient (Wildman–Crippen LogP) is 2.04. The number of carboxylic acids is 1. The van der Waals surface area contributed by atoms with Gasteiger partial charge in [0, 0.05) is 18.8 Å². The van der Waals surface area contributed by atoms with Crippen LogP contribution in [0, 0.1) is 5.92 Å². The molecule has 0 atom stereocenters. The zero-order valence-corrected chi connectivity index (χ0v) is 11.2. The third-order valence-corrected chi connectivity index (χ3v) is 3.28. The molecule has 0 unspecified atom stereocenters. The maximum Gasteiger partial charge on any atom is 0.338 e. The first-order chi connectivity index (χ1) is 9.00. The van der Waals surface area contributed by atoms with Crippen molar-refractivity contribution in [3.05, 3.63) is 29.6 Å². The number of carbonyl (C=O) groups excluding carboxylic acids is 1. The summed E-state index contributed by atoms with van der Waals surface area (Å²) in [5, 5.41) is 9.12. The fraction of sp³-hybridized carbons (Fsp3) is 0.500. The molecule has 1 aromatic heterocycles. The van der Waals surface area contributed by atoms with Gasteiger partial charge in [0.15, 0.2) is 0 Å². The molecular weight excluding hydrogens is 244 g/mol. The molecule has 0 bridgehead atoms. The van der Waals surface area contributed by atoms with E-state index in [0.717, 1.165) is 12.8 Å². The summed E-state index contributed by atoms with van der Waals surface area (Å²) in [6, 6.07) is 2.98. The molecule has 2 rings (SSSR count). The van der Waals surface area contributed by atoms with Gasteiger partial charge in [0.1, 0.15) is 5.69 Å². The van der Waals surface area contributed by atoms with Crippen molar-refractivity contribution in [3.63, 3.8) is 0 Å². The van der Waals surface area contributed by atoms with Gasteiger partial charge in [-0.05, 0) is 44.7 Å². The van der Waals surface area contributed by atoms with Gasteiger partial charge in [-0.3, -0.25) is 9.78 Å². The number of amides is 1. The lowest BCUT2D eigenvalue weighted by molar-refractivity contribution is 0.0648. The van der Waals surface area contributed by atoms with Crippen LogP contribution in [-0.2, 0) is 0 Å². The Morgan fingerprint density at radius 3 is 2.68 bits per heavy atom. The van der Waals surface area contributed by atoms with Gasteiger partial charge in [-0.2, -0.15) is 0 Å². The summed E-state index contributed by atoms with van der Waals surface area (Å²) in [7, 11) is 0. The van der Waals surface area contributed by atoms with Crippen molar-refractivity contribution in [1.29, 1.82) is 0 Å².